The minimum atomic E-state index is -0.623. The van der Waals surface area contributed by atoms with Crippen LogP contribution in [0.4, 0.5) is 4.39 Å². The van der Waals surface area contributed by atoms with Crippen LogP contribution in [0.3, 0.4) is 0 Å². The number of carbonyl (C=O) groups excluding carboxylic acids is 1. The summed E-state index contributed by atoms with van der Waals surface area (Å²) < 4.78 is 18.2. The van der Waals surface area contributed by atoms with Crippen molar-refractivity contribution in [2.45, 2.75) is 4.83 Å². The van der Waals surface area contributed by atoms with Gasteiger partial charge in [0.2, 0.25) is 0 Å². The van der Waals surface area contributed by atoms with Gasteiger partial charge >= 0.3 is 0 Å². The van der Waals surface area contributed by atoms with E-state index in [1.165, 1.54) is 19.2 Å². The van der Waals surface area contributed by atoms with Crippen molar-refractivity contribution in [3.05, 3.63) is 29.6 Å². The summed E-state index contributed by atoms with van der Waals surface area (Å²) in [4.78, 5) is 9.78. The number of ether oxygens (including phenoxy) is 1. The molecule has 0 radical (unpaired) electrons. The van der Waals surface area contributed by atoms with Gasteiger partial charge in [-0.05, 0) is 6.07 Å². The molecular weight excluding hydrogens is 239 g/mol. The zero-order valence-corrected chi connectivity index (χ0v) is 8.55. The molecule has 1 atom stereocenters. The number of carbonyl (C=O) groups is 1. The molecule has 70 valence electrons. The molecule has 0 aromatic heterocycles. The van der Waals surface area contributed by atoms with E-state index in [-0.39, 0.29) is 11.3 Å². The van der Waals surface area contributed by atoms with Crippen molar-refractivity contribution >= 4 is 22.2 Å². The van der Waals surface area contributed by atoms with E-state index in [9.17, 15) is 9.18 Å². The van der Waals surface area contributed by atoms with Crippen LogP contribution in [0.5, 0.6) is 5.75 Å². The number of rotatable bonds is 3. The van der Waals surface area contributed by atoms with E-state index in [1.807, 2.05) is 0 Å². The molecule has 0 aliphatic rings. The Morgan fingerprint density at radius 1 is 1.62 bits per heavy atom. The number of aldehydes is 1. The van der Waals surface area contributed by atoms with Crippen molar-refractivity contribution in [3.63, 3.8) is 0 Å². The van der Waals surface area contributed by atoms with Crippen molar-refractivity contribution in [2.75, 3.05) is 7.11 Å². The number of hydrogen-bond donors (Lipinski definition) is 0. The lowest BCUT2D eigenvalue weighted by Gasteiger charge is -2.07. The van der Waals surface area contributed by atoms with Gasteiger partial charge in [-0.25, -0.2) is 4.39 Å². The molecule has 2 nitrogen and oxygen atoms in total. The molecule has 13 heavy (non-hydrogen) atoms. The van der Waals surface area contributed by atoms with Gasteiger partial charge in [0.25, 0.3) is 0 Å². The van der Waals surface area contributed by atoms with E-state index < -0.39 is 10.6 Å². The second-order valence-electron chi connectivity index (χ2n) is 2.40. The minimum Gasteiger partial charge on any atom is -0.494 e. The molecule has 1 aromatic rings. The topological polar surface area (TPSA) is 26.3 Å². The Morgan fingerprint density at radius 3 is 2.85 bits per heavy atom. The van der Waals surface area contributed by atoms with Gasteiger partial charge in [0.1, 0.15) is 6.29 Å². The van der Waals surface area contributed by atoms with E-state index in [4.69, 9.17) is 4.74 Å². The molecule has 0 amide bonds. The average Bonchev–Trinajstić information content (AvgIpc) is 2.17. The summed E-state index contributed by atoms with van der Waals surface area (Å²) >= 11 is 3.04. The van der Waals surface area contributed by atoms with Crippen LogP contribution in [0.1, 0.15) is 10.4 Å². The first-order chi connectivity index (χ1) is 6.20. The van der Waals surface area contributed by atoms with Gasteiger partial charge in [-0.2, -0.15) is 0 Å². The van der Waals surface area contributed by atoms with Gasteiger partial charge in [-0.1, -0.05) is 28.1 Å². The normalized spacial score (nSPS) is 12.2. The van der Waals surface area contributed by atoms with E-state index in [0.29, 0.717) is 6.29 Å². The van der Waals surface area contributed by atoms with Crippen LogP contribution >= 0.6 is 15.9 Å². The summed E-state index contributed by atoms with van der Waals surface area (Å²) in [6.45, 7) is 0. The number of halogens is 2. The Labute approximate surface area is 83.8 Å². The highest BCUT2D eigenvalue weighted by atomic mass is 79.9. The van der Waals surface area contributed by atoms with Crippen molar-refractivity contribution in [1.29, 1.82) is 0 Å². The molecule has 0 fully saturated rings. The lowest BCUT2D eigenvalue weighted by atomic mass is 10.1. The first-order valence-corrected chi connectivity index (χ1v) is 4.54. The summed E-state index contributed by atoms with van der Waals surface area (Å²) in [7, 11) is 1.38. The Bertz CT molecular complexity index is 314. The molecule has 0 aliphatic carbocycles. The Morgan fingerprint density at radius 2 is 2.31 bits per heavy atom. The Hall–Kier alpha value is -0.900. The third kappa shape index (κ3) is 2.06. The standard InChI is InChI=1S/C9H8BrFO2/c1-13-8-4-2-3-6(9(8)11)7(10)5-12/h2-5,7H,1H3. The summed E-state index contributed by atoms with van der Waals surface area (Å²) in [6, 6.07) is 4.67. The van der Waals surface area contributed by atoms with Crippen molar-refractivity contribution < 1.29 is 13.9 Å². The molecule has 1 aromatic carbocycles. The molecule has 0 heterocycles. The third-order valence-corrected chi connectivity index (χ3v) is 2.34. The van der Waals surface area contributed by atoms with Gasteiger partial charge in [-0.15, -0.1) is 0 Å². The van der Waals surface area contributed by atoms with Gasteiger partial charge in [0.05, 0.1) is 11.9 Å². The van der Waals surface area contributed by atoms with E-state index >= 15 is 0 Å². The molecule has 1 unspecified atom stereocenters. The molecule has 4 heteroatoms. The fourth-order valence-electron chi connectivity index (χ4n) is 0.972. The highest BCUT2D eigenvalue weighted by Gasteiger charge is 2.14. The maximum absolute atomic E-state index is 13.4. The van der Waals surface area contributed by atoms with Crippen LogP contribution in [-0.2, 0) is 4.79 Å². The number of hydrogen-bond acceptors (Lipinski definition) is 2. The quantitative estimate of drug-likeness (QED) is 0.605. The van der Waals surface area contributed by atoms with Crippen LogP contribution in [0, 0.1) is 5.82 Å². The summed E-state index contributed by atoms with van der Waals surface area (Å²) in [5, 5.41) is 0. The SMILES string of the molecule is COc1cccc(C(Br)C=O)c1F. The predicted octanol–water partition coefficient (Wildman–Crippen LogP) is 2.47. The second-order valence-corrected chi connectivity index (χ2v) is 3.39. The summed E-state index contributed by atoms with van der Waals surface area (Å²) in [5.41, 5.74) is 0.286. The average molecular weight is 247 g/mol. The molecule has 0 bridgehead atoms. The van der Waals surface area contributed by atoms with Crippen LogP contribution in [-0.4, -0.2) is 13.4 Å². The number of methoxy groups -OCH3 is 1. The maximum Gasteiger partial charge on any atom is 0.169 e. The first kappa shape index (κ1) is 10.2. The smallest absolute Gasteiger partial charge is 0.169 e. The zero-order chi connectivity index (χ0) is 9.84. The maximum atomic E-state index is 13.4. The van der Waals surface area contributed by atoms with Gasteiger partial charge in [0.15, 0.2) is 11.6 Å². The largest absolute Gasteiger partial charge is 0.494 e. The molecule has 0 N–H and O–H groups in total. The van der Waals surface area contributed by atoms with Crippen LogP contribution < -0.4 is 4.74 Å². The summed E-state index contributed by atoms with van der Waals surface area (Å²) in [6.07, 6.45) is 0.623. The molecule has 0 saturated carbocycles. The fraction of sp³-hybridized carbons (Fsp3) is 0.222. The van der Waals surface area contributed by atoms with Crippen molar-refractivity contribution in [3.8, 4) is 5.75 Å². The van der Waals surface area contributed by atoms with Gasteiger partial charge in [-0.3, -0.25) is 0 Å². The fourth-order valence-corrected chi connectivity index (χ4v) is 1.33. The van der Waals surface area contributed by atoms with Crippen molar-refractivity contribution in [2.24, 2.45) is 0 Å². The predicted molar refractivity (Wildman–Crippen MR) is 50.7 cm³/mol. The molecule has 0 spiro atoms. The molecule has 0 aliphatic heterocycles. The molecular formula is C9H8BrFO2. The third-order valence-electron chi connectivity index (χ3n) is 1.63. The number of alkyl halides is 1. The van der Waals surface area contributed by atoms with E-state index in [0.717, 1.165) is 0 Å². The second kappa shape index (κ2) is 4.37. The summed E-state index contributed by atoms with van der Waals surface area (Å²) in [5.74, 6) is -0.359. The van der Waals surface area contributed by atoms with Crippen molar-refractivity contribution in [1.82, 2.24) is 0 Å². The van der Waals surface area contributed by atoms with Gasteiger partial charge < -0.3 is 9.53 Å². The number of benzene rings is 1. The highest BCUT2D eigenvalue weighted by Crippen LogP contribution is 2.28. The minimum absolute atomic E-state index is 0.142. The zero-order valence-electron chi connectivity index (χ0n) is 6.96. The van der Waals surface area contributed by atoms with Crippen LogP contribution in [0.25, 0.3) is 0 Å². The lowest BCUT2D eigenvalue weighted by molar-refractivity contribution is -0.107. The van der Waals surface area contributed by atoms with E-state index in [2.05, 4.69) is 15.9 Å². The van der Waals surface area contributed by atoms with Crippen LogP contribution in [0.2, 0.25) is 0 Å². The lowest BCUT2D eigenvalue weighted by Crippen LogP contribution is -1.97. The highest BCUT2D eigenvalue weighted by molar-refractivity contribution is 9.09. The molecule has 1 rings (SSSR count). The molecule has 0 saturated heterocycles. The van der Waals surface area contributed by atoms with Gasteiger partial charge in [0, 0.05) is 5.56 Å². The monoisotopic (exact) mass is 246 g/mol. The Balaban J connectivity index is 3.14. The van der Waals surface area contributed by atoms with E-state index in [1.54, 1.807) is 6.07 Å². The Kier molecular flexibility index (Phi) is 3.42. The van der Waals surface area contributed by atoms with Crippen LogP contribution in [0.15, 0.2) is 18.2 Å². The first-order valence-electron chi connectivity index (χ1n) is 3.62.